The lowest BCUT2D eigenvalue weighted by Crippen LogP contribution is -2.39. The fourth-order valence-corrected chi connectivity index (χ4v) is 2.46. The maximum absolute atomic E-state index is 12.0. The predicted octanol–water partition coefficient (Wildman–Crippen LogP) is 3.39. The van der Waals surface area contributed by atoms with Gasteiger partial charge in [-0.15, -0.1) is 0 Å². The van der Waals surface area contributed by atoms with Crippen LogP contribution in [0.3, 0.4) is 0 Å². The zero-order valence-electron chi connectivity index (χ0n) is 13.2. The summed E-state index contributed by atoms with van der Waals surface area (Å²) >= 11 is 0. The van der Waals surface area contributed by atoms with Crippen LogP contribution in [0, 0.1) is 0 Å². The highest BCUT2D eigenvalue weighted by Gasteiger charge is 2.46. The second-order valence-corrected chi connectivity index (χ2v) is 6.71. The highest BCUT2D eigenvalue weighted by atomic mass is 16.6. The summed E-state index contributed by atoms with van der Waals surface area (Å²) in [6.45, 7) is 5.60. The van der Waals surface area contributed by atoms with Crippen LogP contribution in [0.25, 0.3) is 5.69 Å². The molecule has 1 aromatic heterocycles. The lowest BCUT2D eigenvalue weighted by Gasteiger charge is -2.23. The quantitative estimate of drug-likeness (QED) is 0.945. The Morgan fingerprint density at radius 1 is 1.27 bits per heavy atom. The van der Waals surface area contributed by atoms with E-state index in [1.807, 2.05) is 62.0 Å². The number of carbonyl (C=O) groups is 1. The van der Waals surface area contributed by atoms with Crippen molar-refractivity contribution in [3.63, 3.8) is 0 Å². The molecule has 1 fully saturated rings. The average molecular weight is 299 g/mol. The molecule has 0 aliphatic heterocycles. The molecule has 0 spiro atoms. The minimum atomic E-state index is -0.482. The summed E-state index contributed by atoms with van der Waals surface area (Å²) in [5, 5.41) is 7.22. The first-order valence-corrected chi connectivity index (χ1v) is 7.50. The zero-order valence-corrected chi connectivity index (χ0v) is 13.2. The summed E-state index contributed by atoms with van der Waals surface area (Å²) in [7, 11) is 0. The van der Waals surface area contributed by atoms with Crippen molar-refractivity contribution in [2.24, 2.45) is 0 Å². The monoisotopic (exact) mass is 299 g/mol. The lowest BCUT2D eigenvalue weighted by atomic mass is 10.0. The van der Waals surface area contributed by atoms with Crippen LogP contribution in [0.4, 0.5) is 4.79 Å². The molecule has 5 heteroatoms. The van der Waals surface area contributed by atoms with E-state index in [1.54, 1.807) is 6.20 Å². The fraction of sp³-hybridized carbons (Fsp3) is 0.412. The molecule has 2 aromatic rings. The molecule has 22 heavy (non-hydrogen) atoms. The number of alkyl carbamates (subject to hydrolysis) is 1. The van der Waals surface area contributed by atoms with Crippen molar-refractivity contribution in [1.29, 1.82) is 0 Å². The van der Waals surface area contributed by atoms with Gasteiger partial charge in [0.15, 0.2) is 0 Å². The van der Waals surface area contributed by atoms with Gasteiger partial charge < -0.3 is 10.1 Å². The molecule has 0 saturated heterocycles. The second kappa shape index (κ2) is 5.16. The van der Waals surface area contributed by atoms with E-state index in [1.165, 1.54) is 0 Å². The molecule has 1 N–H and O–H groups in total. The Bertz CT molecular complexity index is 650. The summed E-state index contributed by atoms with van der Waals surface area (Å²) in [5.74, 6) is 0. The van der Waals surface area contributed by atoms with Crippen molar-refractivity contribution in [2.75, 3.05) is 0 Å². The molecule has 3 rings (SSSR count). The topological polar surface area (TPSA) is 56.1 Å². The number of nitrogens with one attached hydrogen (secondary N) is 1. The number of carbonyl (C=O) groups excluding carboxylic acids is 1. The van der Waals surface area contributed by atoms with Crippen molar-refractivity contribution >= 4 is 6.09 Å². The number of ether oxygens (including phenoxy) is 1. The van der Waals surface area contributed by atoms with Gasteiger partial charge >= 0.3 is 6.09 Å². The summed E-state index contributed by atoms with van der Waals surface area (Å²) in [6.07, 6.45) is 5.17. The van der Waals surface area contributed by atoms with Gasteiger partial charge in [0.1, 0.15) is 5.60 Å². The number of nitrogens with zero attached hydrogens (tertiary/aromatic N) is 2. The zero-order chi connectivity index (χ0) is 15.8. The van der Waals surface area contributed by atoms with Gasteiger partial charge in [-0.3, -0.25) is 0 Å². The molecule has 0 radical (unpaired) electrons. The van der Waals surface area contributed by atoms with Crippen LogP contribution in [0.15, 0.2) is 42.7 Å². The highest BCUT2D eigenvalue weighted by molar-refractivity contribution is 5.70. The first-order chi connectivity index (χ1) is 10.4. The van der Waals surface area contributed by atoms with E-state index in [0.717, 1.165) is 24.1 Å². The molecule has 5 nitrogen and oxygen atoms in total. The second-order valence-electron chi connectivity index (χ2n) is 6.71. The van der Waals surface area contributed by atoms with Crippen LogP contribution in [-0.4, -0.2) is 21.5 Å². The number of amides is 1. The van der Waals surface area contributed by atoms with E-state index in [2.05, 4.69) is 10.4 Å². The summed E-state index contributed by atoms with van der Waals surface area (Å²) in [6, 6.07) is 10.0. The van der Waals surface area contributed by atoms with Gasteiger partial charge in [0.25, 0.3) is 0 Å². The molecular formula is C17H21N3O2. The Morgan fingerprint density at radius 3 is 2.45 bits per heavy atom. The van der Waals surface area contributed by atoms with Crippen molar-refractivity contribution in [3.05, 3.63) is 48.3 Å². The Labute approximate surface area is 130 Å². The van der Waals surface area contributed by atoms with Crippen LogP contribution in [0.2, 0.25) is 0 Å². The molecule has 0 bridgehead atoms. The van der Waals surface area contributed by atoms with Crippen LogP contribution in [0.5, 0.6) is 0 Å². The molecule has 1 amide bonds. The average Bonchev–Trinajstić information content (AvgIpc) is 3.01. The molecule has 1 aliphatic rings. The first kappa shape index (κ1) is 14.6. The van der Waals surface area contributed by atoms with Gasteiger partial charge in [-0.05, 0) is 57.4 Å². The van der Waals surface area contributed by atoms with Crippen molar-refractivity contribution in [1.82, 2.24) is 15.1 Å². The molecule has 1 heterocycles. The largest absolute Gasteiger partial charge is 0.444 e. The molecule has 1 aromatic carbocycles. The molecule has 1 saturated carbocycles. The molecular weight excluding hydrogens is 278 g/mol. The maximum Gasteiger partial charge on any atom is 0.408 e. The van der Waals surface area contributed by atoms with Crippen LogP contribution < -0.4 is 5.32 Å². The highest BCUT2D eigenvalue weighted by Crippen LogP contribution is 2.45. The number of aromatic nitrogens is 2. The molecule has 0 atom stereocenters. The van der Waals surface area contributed by atoms with Crippen molar-refractivity contribution < 1.29 is 9.53 Å². The minimum absolute atomic E-state index is 0.273. The molecule has 1 aliphatic carbocycles. The predicted molar refractivity (Wildman–Crippen MR) is 83.8 cm³/mol. The van der Waals surface area contributed by atoms with E-state index in [9.17, 15) is 4.79 Å². The van der Waals surface area contributed by atoms with E-state index in [0.29, 0.717) is 0 Å². The summed E-state index contributed by atoms with van der Waals surface area (Å²) < 4.78 is 7.16. The Kier molecular flexibility index (Phi) is 3.43. The van der Waals surface area contributed by atoms with Crippen LogP contribution >= 0.6 is 0 Å². The SMILES string of the molecule is CC(C)(C)OC(=O)NC1(c2ccc(-n3cccn3)cc2)CC1. The molecule has 0 unspecified atom stereocenters. The van der Waals surface area contributed by atoms with Crippen LogP contribution in [0.1, 0.15) is 39.2 Å². The maximum atomic E-state index is 12.0. The van der Waals surface area contributed by atoms with Gasteiger partial charge in [-0.25, -0.2) is 9.48 Å². The van der Waals surface area contributed by atoms with Gasteiger partial charge in [-0.2, -0.15) is 5.10 Å². The normalized spacial score (nSPS) is 16.1. The number of benzene rings is 1. The van der Waals surface area contributed by atoms with Gasteiger partial charge in [-0.1, -0.05) is 12.1 Å². The standard InChI is InChI=1S/C17H21N3O2/c1-16(2,3)22-15(21)19-17(9-10-17)13-5-7-14(8-6-13)20-12-4-11-18-20/h4-8,11-12H,9-10H2,1-3H3,(H,19,21). The third-order valence-electron chi connectivity index (χ3n) is 3.68. The Balaban J connectivity index is 1.72. The van der Waals surface area contributed by atoms with E-state index < -0.39 is 5.60 Å². The lowest BCUT2D eigenvalue weighted by molar-refractivity contribution is 0.0495. The smallest absolute Gasteiger partial charge is 0.408 e. The van der Waals surface area contributed by atoms with Gasteiger partial charge in [0, 0.05) is 12.4 Å². The third kappa shape index (κ3) is 3.13. The minimum Gasteiger partial charge on any atom is -0.444 e. The number of hydrogen-bond donors (Lipinski definition) is 1. The number of rotatable bonds is 3. The van der Waals surface area contributed by atoms with Gasteiger partial charge in [0.2, 0.25) is 0 Å². The third-order valence-corrected chi connectivity index (χ3v) is 3.68. The summed E-state index contributed by atoms with van der Waals surface area (Å²) in [5.41, 5.74) is 1.35. The Morgan fingerprint density at radius 2 is 1.95 bits per heavy atom. The first-order valence-electron chi connectivity index (χ1n) is 7.50. The molecule has 116 valence electrons. The van der Waals surface area contributed by atoms with E-state index in [4.69, 9.17) is 4.74 Å². The van der Waals surface area contributed by atoms with Crippen molar-refractivity contribution in [3.8, 4) is 5.69 Å². The number of hydrogen-bond acceptors (Lipinski definition) is 3. The van der Waals surface area contributed by atoms with Crippen LogP contribution in [-0.2, 0) is 10.3 Å². The summed E-state index contributed by atoms with van der Waals surface area (Å²) in [4.78, 5) is 12.0. The Hall–Kier alpha value is -2.30. The van der Waals surface area contributed by atoms with E-state index >= 15 is 0 Å². The van der Waals surface area contributed by atoms with E-state index in [-0.39, 0.29) is 11.6 Å². The van der Waals surface area contributed by atoms with Crippen molar-refractivity contribution in [2.45, 2.75) is 44.8 Å². The fourth-order valence-electron chi connectivity index (χ4n) is 2.46. The van der Waals surface area contributed by atoms with Gasteiger partial charge in [0.05, 0.1) is 11.2 Å².